The Labute approximate surface area is 144 Å². The Morgan fingerprint density at radius 1 is 1.04 bits per heavy atom. The van der Waals surface area contributed by atoms with E-state index in [2.05, 4.69) is 29.2 Å². The van der Waals surface area contributed by atoms with Crippen LogP contribution >= 0.6 is 0 Å². The third-order valence-corrected chi connectivity index (χ3v) is 4.65. The van der Waals surface area contributed by atoms with Gasteiger partial charge >= 0.3 is 0 Å². The first-order valence-corrected chi connectivity index (χ1v) is 8.80. The number of nitrogens with zero attached hydrogens (tertiary/aromatic N) is 1. The van der Waals surface area contributed by atoms with Crippen LogP contribution in [0, 0.1) is 0 Å². The second-order valence-corrected chi connectivity index (χ2v) is 6.31. The van der Waals surface area contributed by atoms with Gasteiger partial charge in [0.1, 0.15) is 0 Å². The highest BCUT2D eigenvalue weighted by atomic mass is 16.5. The number of ketones is 1. The summed E-state index contributed by atoms with van der Waals surface area (Å²) in [5.41, 5.74) is 3.24. The van der Waals surface area contributed by atoms with Crippen LogP contribution in [0.25, 0.3) is 0 Å². The Hall–Kier alpha value is -2.13. The number of rotatable bonds is 6. The Bertz CT molecular complexity index is 643. The Morgan fingerprint density at radius 2 is 1.71 bits per heavy atom. The summed E-state index contributed by atoms with van der Waals surface area (Å²) in [6.07, 6.45) is 2.98. The molecule has 0 bridgehead atoms. The van der Waals surface area contributed by atoms with Crippen LogP contribution in [0.1, 0.15) is 42.1 Å². The zero-order chi connectivity index (χ0) is 16.8. The molecule has 24 heavy (non-hydrogen) atoms. The van der Waals surface area contributed by atoms with E-state index in [-0.39, 0.29) is 5.78 Å². The van der Waals surface area contributed by atoms with E-state index in [1.807, 2.05) is 37.3 Å². The van der Waals surface area contributed by atoms with Gasteiger partial charge in [-0.3, -0.25) is 4.79 Å². The van der Waals surface area contributed by atoms with Crippen LogP contribution in [0.3, 0.4) is 0 Å². The molecule has 3 nitrogen and oxygen atoms in total. The van der Waals surface area contributed by atoms with Gasteiger partial charge in [0, 0.05) is 30.8 Å². The quantitative estimate of drug-likeness (QED) is 0.735. The lowest BCUT2D eigenvalue weighted by Gasteiger charge is -2.33. The summed E-state index contributed by atoms with van der Waals surface area (Å²) in [5, 5.41) is 0. The number of hydrogen-bond donors (Lipinski definition) is 0. The minimum atomic E-state index is 0.203. The van der Waals surface area contributed by atoms with Crippen LogP contribution in [-0.4, -0.2) is 25.0 Å². The summed E-state index contributed by atoms with van der Waals surface area (Å²) in [6, 6.07) is 18.4. The van der Waals surface area contributed by atoms with Crippen LogP contribution in [0.4, 0.5) is 5.69 Å². The molecule has 0 radical (unpaired) electrons. The van der Waals surface area contributed by atoms with Gasteiger partial charge in [-0.05, 0) is 42.7 Å². The number of piperidine rings is 1. The Balaban J connectivity index is 1.49. The molecule has 2 aromatic carbocycles. The van der Waals surface area contributed by atoms with Gasteiger partial charge in [-0.15, -0.1) is 0 Å². The number of anilines is 1. The van der Waals surface area contributed by atoms with Crippen molar-refractivity contribution in [1.82, 2.24) is 0 Å². The van der Waals surface area contributed by atoms with E-state index in [0.717, 1.165) is 31.5 Å². The number of benzene rings is 2. The van der Waals surface area contributed by atoms with Crippen molar-refractivity contribution in [2.45, 2.75) is 38.9 Å². The van der Waals surface area contributed by atoms with Gasteiger partial charge in [0.2, 0.25) is 0 Å². The van der Waals surface area contributed by atoms with Crippen LogP contribution in [-0.2, 0) is 11.3 Å². The first kappa shape index (κ1) is 16.7. The monoisotopic (exact) mass is 323 g/mol. The minimum absolute atomic E-state index is 0.203. The predicted molar refractivity (Wildman–Crippen MR) is 97.5 cm³/mol. The van der Waals surface area contributed by atoms with Crippen molar-refractivity contribution in [2.75, 3.05) is 18.0 Å². The fraction of sp³-hybridized carbons (Fsp3) is 0.381. The molecule has 0 atom stereocenters. The zero-order valence-electron chi connectivity index (χ0n) is 14.3. The average Bonchev–Trinajstić information content (AvgIpc) is 2.67. The highest BCUT2D eigenvalue weighted by Gasteiger charge is 2.20. The SMILES string of the molecule is CCC(=O)c1ccc(N2CCC(OCc3ccccc3)CC2)cc1. The summed E-state index contributed by atoms with van der Waals surface area (Å²) in [7, 11) is 0. The van der Waals surface area contributed by atoms with E-state index in [4.69, 9.17) is 4.74 Å². The third-order valence-electron chi connectivity index (χ3n) is 4.65. The molecule has 0 aliphatic carbocycles. The second-order valence-electron chi connectivity index (χ2n) is 6.31. The highest BCUT2D eigenvalue weighted by molar-refractivity contribution is 5.96. The number of ether oxygens (including phenoxy) is 1. The molecule has 1 fully saturated rings. The molecule has 0 unspecified atom stereocenters. The van der Waals surface area contributed by atoms with Crippen LogP contribution < -0.4 is 4.90 Å². The molecule has 1 aliphatic heterocycles. The molecule has 0 aromatic heterocycles. The van der Waals surface area contributed by atoms with Gasteiger partial charge in [-0.25, -0.2) is 0 Å². The molecule has 1 saturated heterocycles. The fourth-order valence-corrected chi connectivity index (χ4v) is 3.13. The Kier molecular flexibility index (Phi) is 5.65. The fourth-order valence-electron chi connectivity index (χ4n) is 3.13. The van der Waals surface area contributed by atoms with Crippen molar-refractivity contribution in [2.24, 2.45) is 0 Å². The summed E-state index contributed by atoms with van der Waals surface area (Å²) < 4.78 is 6.05. The molecule has 0 spiro atoms. The summed E-state index contributed by atoms with van der Waals surface area (Å²) in [6.45, 7) is 4.59. The molecule has 2 aromatic rings. The molecule has 0 amide bonds. The van der Waals surface area contributed by atoms with Gasteiger partial charge in [0.25, 0.3) is 0 Å². The van der Waals surface area contributed by atoms with Crippen molar-refractivity contribution >= 4 is 11.5 Å². The van der Waals surface area contributed by atoms with E-state index >= 15 is 0 Å². The smallest absolute Gasteiger partial charge is 0.162 e. The van der Waals surface area contributed by atoms with Gasteiger partial charge in [-0.1, -0.05) is 37.3 Å². The maximum atomic E-state index is 11.7. The normalized spacial score (nSPS) is 15.5. The van der Waals surface area contributed by atoms with Gasteiger partial charge in [0.05, 0.1) is 12.7 Å². The zero-order valence-corrected chi connectivity index (χ0v) is 14.3. The molecule has 0 N–H and O–H groups in total. The van der Waals surface area contributed by atoms with Crippen molar-refractivity contribution in [1.29, 1.82) is 0 Å². The van der Waals surface area contributed by atoms with E-state index in [1.54, 1.807) is 0 Å². The standard InChI is InChI=1S/C21H25NO2/c1-2-21(23)18-8-10-19(11-9-18)22-14-12-20(13-15-22)24-16-17-6-4-3-5-7-17/h3-11,20H,2,12-16H2,1H3. The molecule has 1 aliphatic rings. The predicted octanol–water partition coefficient (Wildman–Crippen LogP) is 4.46. The van der Waals surface area contributed by atoms with E-state index in [0.29, 0.717) is 19.1 Å². The van der Waals surface area contributed by atoms with Gasteiger partial charge in [-0.2, -0.15) is 0 Å². The van der Waals surface area contributed by atoms with Crippen molar-refractivity contribution < 1.29 is 9.53 Å². The first-order valence-electron chi connectivity index (χ1n) is 8.80. The molecule has 0 saturated carbocycles. The van der Waals surface area contributed by atoms with Crippen LogP contribution in [0.15, 0.2) is 54.6 Å². The maximum Gasteiger partial charge on any atom is 0.162 e. The molecule has 126 valence electrons. The van der Waals surface area contributed by atoms with Crippen molar-refractivity contribution in [3.63, 3.8) is 0 Å². The summed E-state index contributed by atoms with van der Waals surface area (Å²) in [4.78, 5) is 14.1. The van der Waals surface area contributed by atoms with E-state index in [9.17, 15) is 4.79 Å². The second kappa shape index (κ2) is 8.11. The lowest BCUT2D eigenvalue weighted by Crippen LogP contribution is -2.37. The Morgan fingerprint density at radius 3 is 2.33 bits per heavy atom. The molecule has 3 rings (SSSR count). The highest BCUT2D eigenvalue weighted by Crippen LogP contribution is 2.23. The molecular formula is C21H25NO2. The van der Waals surface area contributed by atoms with E-state index < -0.39 is 0 Å². The first-order chi connectivity index (χ1) is 11.8. The average molecular weight is 323 g/mol. The lowest BCUT2D eigenvalue weighted by molar-refractivity contribution is 0.0251. The van der Waals surface area contributed by atoms with Crippen molar-refractivity contribution in [3.8, 4) is 0 Å². The van der Waals surface area contributed by atoms with E-state index in [1.165, 1.54) is 11.3 Å². The molecule has 3 heteroatoms. The molecule has 1 heterocycles. The number of carbonyl (C=O) groups is 1. The van der Waals surface area contributed by atoms with Crippen LogP contribution in [0.5, 0.6) is 0 Å². The molecular weight excluding hydrogens is 298 g/mol. The lowest BCUT2D eigenvalue weighted by atomic mass is 10.0. The minimum Gasteiger partial charge on any atom is -0.373 e. The topological polar surface area (TPSA) is 29.5 Å². The van der Waals surface area contributed by atoms with Crippen LogP contribution in [0.2, 0.25) is 0 Å². The summed E-state index contributed by atoms with van der Waals surface area (Å²) in [5.74, 6) is 0.203. The summed E-state index contributed by atoms with van der Waals surface area (Å²) >= 11 is 0. The third kappa shape index (κ3) is 4.24. The van der Waals surface area contributed by atoms with Crippen molar-refractivity contribution in [3.05, 3.63) is 65.7 Å². The number of carbonyl (C=O) groups excluding carboxylic acids is 1. The van der Waals surface area contributed by atoms with Gasteiger partial charge < -0.3 is 9.64 Å². The number of hydrogen-bond acceptors (Lipinski definition) is 3. The van der Waals surface area contributed by atoms with Gasteiger partial charge in [0.15, 0.2) is 5.78 Å². The number of Topliss-reactive ketones (excluding diaryl/α,β-unsaturated/α-hetero) is 1. The maximum absolute atomic E-state index is 11.7. The largest absolute Gasteiger partial charge is 0.373 e.